The molecule has 2 amide bonds. The fourth-order valence-electron chi connectivity index (χ4n) is 2.81. The molecule has 1 fully saturated rings. The number of carboxylic acid groups (broad SMARTS) is 1. The first-order chi connectivity index (χ1) is 12.5. The van der Waals surface area contributed by atoms with Crippen LogP contribution in [0.2, 0.25) is 0 Å². The van der Waals surface area contributed by atoms with Gasteiger partial charge in [-0.15, -0.1) is 0 Å². The predicted octanol–water partition coefficient (Wildman–Crippen LogP) is 2.84. The molecule has 0 radical (unpaired) electrons. The van der Waals surface area contributed by atoms with Gasteiger partial charge in [-0.1, -0.05) is 43.3 Å². The van der Waals surface area contributed by atoms with E-state index in [0.717, 1.165) is 6.42 Å². The van der Waals surface area contributed by atoms with E-state index in [4.69, 9.17) is 0 Å². The van der Waals surface area contributed by atoms with Crippen LogP contribution in [0.4, 0.5) is 5.69 Å². The lowest BCUT2D eigenvalue weighted by molar-refractivity contribution is -0.139. The van der Waals surface area contributed by atoms with Gasteiger partial charge in [-0.25, -0.2) is 4.79 Å². The van der Waals surface area contributed by atoms with Crippen LogP contribution in [0.3, 0.4) is 0 Å². The Balaban J connectivity index is 1.71. The largest absolute Gasteiger partial charge is 0.479 e. The van der Waals surface area contributed by atoms with E-state index in [0.29, 0.717) is 17.2 Å². The molecule has 0 heterocycles. The van der Waals surface area contributed by atoms with Crippen molar-refractivity contribution in [3.05, 3.63) is 65.7 Å². The van der Waals surface area contributed by atoms with Gasteiger partial charge >= 0.3 is 5.97 Å². The third-order valence-electron chi connectivity index (χ3n) is 4.49. The van der Waals surface area contributed by atoms with E-state index in [9.17, 15) is 19.5 Å². The molecule has 26 heavy (non-hydrogen) atoms. The molecule has 6 nitrogen and oxygen atoms in total. The summed E-state index contributed by atoms with van der Waals surface area (Å²) in [6, 6.07) is 13.8. The number of carboxylic acids is 1. The van der Waals surface area contributed by atoms with Crippen molar-refractivity contribution in [2.24, 2.45) is 11.8 Å². The molecule has 1 aliphatic carbocycles. The fourth-order valence-corrected chi connectivity index (χ4v) is 2.81. The van der Waals surface area contributed by atoms with Gasteiger partial charge in [-0.2, -0.15) is 0 Å². The number of anilines is 1. The minimum absolute atomic E-state index is 0.0296. The Hall–Kier alpha value is -3.15. The average Bonchev–Trinajstić information content (AvgIpc) is 3.37. The van der Waals surface area contributed by atoms with Crippen LogP contribution >= 0.6 is 0 Å². The monoisotopic (exact) mass is 352 g/mol. The predicted molar refractivity (Wildman–Crippen MR) is 96.6 cm³/mol. The van der Waals surface area contributed by atoms with Crippen LogP contribution in [0, 0.1) is 11.8 Å². The van der Waals surface area contributed by atoms with Crippen LogP contribution in [0.15, 0.2) is 54.6 Å². The number of hydrogen-bond acceptors (Lipinski definition) is 3. The molecule has 3 rings (SSSR count). The number of carbonyl (C=O) groups excluding carboxylic acids is 2. The van der Waals surface area contributed by atoms with E-state index in [1.165, 1.54) is 0 Å². The van der Waals surface area contributed by atoms with Crippen LogP contribution in [0.5, 0.6) is 0 Å². The Morgan fingerprint density at radius 2 is 1.77 bits per heavy atom. The lowest BCUT2D eigenvalue weighted by Crippen LogP contribution is -2.33. The van der Waals surface area contributed by atoms with Crippen LogP contribution in [0.25, 0.3) is 0 Å². The second-order valence-electron chi connectivity index (χ2n) is 6.54. The van der Waals surface area contributed by atoms with Crippen molar-refractivity contribution in [1.29, 1.82) is 0 Å². The van der Waals surface area contributed by atoms with E-state index in [-0.39, 0.29) is 17.4 Å². The zero-order valence-corrected chi connectivity index (χ0v) is 14.3. The van der Waals surface area contributed by atoms with Gasteiger partial charge in [0, 0.05) is 17.2 Å². The van der Waals surface area contributed by atoms with Crippen molar-refractivity contribution in [2.75, 3.05) is 5.32 Å². The Morgan fingerprint density at radius 3 is 2.38 bits per heavy atom. The summed E-state index contributed by atoms with van der Waals surface area (Å²) in [7, 11) is 0. The van der Waals surface area contributed by atoms with E-state index in [2.05, 4.69) is 10.6 Å². The molecule has 3 unspecified atom stereocenters. The van der Waals surface area contributed by atoms with Crippen molar-refractivity contribution in [3.8, 4) is 0 Å². The highest BCUT2D eigenvalue weighted by Gasteiger charge is 2.39. The van der Waals surface area contributed by atoms with Crippen molar-refractivity contribution < 1.29 is 19.5 Å². The molecule has 0 aliphatic heterocycles. The van der Waals surface area contributed by atoms with Crippen LogP contribution < -0.4 is 10.6 Å². The van der Waals surface area contributed by atoms with Gasteiger partial charge < -0.3 is 15.7 Å². The van der Waals surface area contributed by atoms with Gasteiger partial charge in [-0.05, 0) is 36.1 Å². The number of amides is 2. The molecule has 1 aliphatic rings. The highest BCUT2D eigenvalue weighted by atomic mass is 16.4. The smallest absolute Gasteiger partial charge is 0.330 e. The fraction of sp³-hybridized carbons (Fsp3) is 0.250. The second-order valence-corrected chi connectivity index (χ2v) is 6.54. The van der Waals surface area contributed by atoms with E-state index >= 15 is 0 Å². The number of rotatable bonds is 6. The van der Waals surface area contributed by atoms with Crippen molar-refractivity contribution in [3.63, 3.8) is 0 Å². The summed E-state index contributed by atoms with van der Waals surface area (Å²) < 4.78 is 0. The number of hydrogen-bond donors (Lipinski definition) is 3. The molecule has 0 saturated heterocycles. The highest BCUT2D eigenvalue weighted by molar-refractivity contribution is 5.99. The number of carbonyl (C=O) groups is 3. The summed E-state index contributed by atoms with van der Waals surface area (Å²) in [5.74, 6) is -1.29. The third-order valence-corrected chi connectivity index (χ3v) is 4.49. The van der Waals surface area contributed by atoms with Crippen molar-refractivity contribution >= 4 is 23.5 Å². The maximum atomic E-state index is 12.5. The topological polar surface area (TPSA) is 95.5 Å². The molecule has 0 aromatic heterocycles. The minimum Gasteiger partial charge on any atom is -0.479 e. The van der Waals surface area contributed by atoms with Gasteiger partial charge in [0.15, 0.2) is 6.04 Å². The zero-order chi connectivity index (χ0) is 18.7. The maximum Gasteiger partial charge on any atom is 0.330 e. The summed E-state index contributed by atoms with van der Waals surface area (Å²) in [5, 5.41) is 14.7. The number of benzene rings is 2. The molecule has 0 spiro atoms. The molecule has 134 valence electrons. The molecule has 2 aromatic carbocycles. The van der Waals surface area contributed by atoms with Crippen LogP contribution in [-0.2, 0) is 9.59 Å². The Bertz CT molecular complexity index is 835. The first-order valence-corrected chi connectivity index (χ1v) is 8.45. The first kappa shape index (κ1) is 17.7. The highest BCUT2D eigenvalue weighted by Crippen LogP contribution is 2.38. The summed E-state index contributed by atoms with van der Waals surface area (Å²) in [6.07, 6.45) is 0.878. The number of nitrogens with one attached hydrogen (secondary N) is 2. The minimum atomic E-state index is -1.14. The molecule has 3 N–H and O–H groups in total. The van der Waals surface area contributed by atoms with E-state index < -0.39 is 17.9 Å². The molecule has 3 atom stereocenters. The zero-order valence-electron chi connectivity index (χ0n) is 14.3. The summed E-state index contributed by atoms with van der Waals surface area (Å²) in [4.78, 5) is 36.0. The normalized spacial score (nSPS) is 19.3. The van der Waals surface area contributed by atoms with Crippen LogP contribution in [0.1, 0.15) is 35.3 Å². The Labute approximate surface area is 151 Å². The number of aliphatic carboxylic acids is 1. The van der Waals surface area contributed by atoms with Gasteiger partial charge in [0.1, 0.15) is 0 Å². The average molecular weight is 352 g/mol. The molecule has 2 aromatic rings. The summed E-state index contributed by atoms with van der Waals surface area (Å²) >= 11 is 0. The molecule has 0 bridgehead atoms. The van der Waals surface area contributed by atoms with E-state index in [1.54, 1.807) is 54.6 Å². The van der Waals surface area contributed by atoms with Gasteiger partial charge in [-0.3, -0.25) is 9.59 Å². The van der Waals surface area contributed by atoms with Crippen molar-refractivity contribution in [1.82, 2.24) is 5.32 Å². The molecule has 1 saturated carbocycles. The summed E-state index contributed by atoms with van der Waals surface area (Å²) in [5.41, 5.74) is 1.29. The SMILES string of the molecule is CC1CC1C(=O)Nc1cccc(C(=O)NC(C(=O)O)c2ccccc2)c1. The van der Waals surface area contributed by atoms with Gasteiger partial charge in [0.25, 0.3) is 5.91 Å². The Kier molecular flexibility index (Phi) is 5.02. The van der Waals surface area contributed by atoms with Crippen molar-refractivity contribution in [2.45, 2.75) is 19.4 Å². The quantitative estimate of drug-likeness (QED) is 0.745. The second kappa shape index (κ2) is 7.39. The van der Waals surface area contributed by atoms with Crippen LogP contribution in [-0.4, -0.2) is 22.9 Å². The maximum absolute atomic E-state index is 12.5. The van der Waals surface area contributed by atoms with E-state index in [1.807, 2.05) is 6.92 Å². The molecular weight excluding hydrogens is 332 g/mol. The Morgan fingerprint density at radius 1 is 1.08 bits per heavy atom. The van der Waals surface area contributed by atoms with Gasteiger partial charge in [0.2, 0.25) is 5.91 Å². The molecule has 6 heteroatoms. The third kappa shape index (κ3) is 4.08. The molecular formula is C20H20N2O4. The lowest BCUT2D eigenvalue weighted by atomic mass is 10.1. The van der Waals surface area contributed by atoms with Gasteiger partial charge in [0.05, 0.1) is 0 Å². The standard InChI is InChI=1S/C20H20N2O4/c1-12-10-16(12)19(24)21-15-9-5-8-14(11-15)18(23)22-17(20(25)26)13-6-3-2-4-7-13/h2-9,11-12,16-17H,10H2,1H3,(H,21,24)(H,22,23)(H,25,26). The first-order valence-electron chi connectivity index (χ1n) is 8.45. The summed E-state index contributed by atoms with van der Waals surface area (Å²) in [6.45, 7) is 2.02. The lowest BCUT2D eigenvalue weighted by Gasteiger charge is -2.15.